The zero-order valence-corrected chi connectivity index (χ0v) is 12.4. The number of nitrogens with one attached hydrogen (secondary N) is 1. The topological polar surface area (TPSA) is 56.1 Å². The van der Waals surface area contributed by atoms with Gasteiger partial charge in [-0.15, -0.1) is 0 Å². The number of fused-ring (bicyclic) bond motifs is 1. The molecule has 0 bridgehead atoms. The molecule has 0 aliphatic rings. The predicted molar refractivity (Wildman–Crippen MR) is 78.7 cm³/mol. The van der Waals surface area contributed by atoms with E-state index < -0.39 is 11.7 Å². The Bertz CT molecular complexity index is 598. The molecule has 2 rings (SSSR count). The van der Waals surface area contributed by atoms with E-state index in [-0.39, 0.29) is 6.04 Å². The van der Waals surface area contributed by atoms with Gasteiger partial charge in [0.2, 0.25) is 0 Å². The molecule has 2 aromatic rings. The molecule has 5 nitrogen and oxygen atoms in total. The average Bonchev–Trinajstić information content (AvgIpc) is 2.78. The predicted octanol–water partition coefficient (Wildman–Crippen LogP) is 3.12. The molecular formula is C15H21N3O2. The SMILES string of the molecule is CC(CNC(=O)OC(C)(C)C)n1ccc2cccnc21. The number of rotatable bonds is 3. The highest BCUT2D eigenvalue weighted by Gasteiger charge is 2.17. The van der Waals surface area contributed by atoms with Crippen molar-refractivity contribution in [2.24, 2.45) is 0 Å². The highest BCUT2D eigenvalue weighted by molar-refractivity contribution is 5.76. The van der Waals surface area contributed by atoms with Crippen LogP contribution < -0.4 is 5.32 Å². The Morgan fingerprint density at radius 1 is 1.45 bits per heavy atom. The van der Waals surface area contributed by atoms with Gasteiger partial charge in [-0.25, -0.2) is 9.78 Å². The molecule has 0 fully saturated rings. The van der Waals surface area contributed by atoms with Crippen molar-refractivity contribution in [1.82, 2.24) is 14.9 Å². The summed E-state index contributed by atoms with van der Waals surface area (Å²) < 4.78 is 7.27. The Labute approximate surface area is 118 Å². The van der Waals surface area contributed by atoms with Crippen molar-refractivity contribution < 1.29 is 9.53 Å². The molecule has 1 atom stereocenters. The number of hydrogen-bond donors (Lipinski definition) is 1. The van der Waals surface area contributed by atoms with E-state index in [1.54, 1.807) is 6.20 Å². The fraction of sp³-hybridized carbons (Fsp3) is 0.467. The summed E-state index contributed by atoms with van der Waals surface area (Å²) in [7, 11) is 0. The first-order chi connectivity index (χ1) is 9.37. The van der Waals surface area contributed by atoms with E-state index >= 15 is 0 Å². The van der Waals surface area contributed by atoms with Gasteiger partial charge in [0.15, 0.2) is 0 Å². The van der Waals surface area contributed by atoms with E-state index in [4.69, 9.17) is 4.74 Å². The van der Waals surface area contributed by atoms with Gasteiger partial charge in [-0.1, -0.05) is 0 Å². The number of hydrogen-bond acceptors (Lipinski definition) is 3. The lowest BCUT2D eigenvalue weighted by atomic mass is 10.2. The lowest BCUT2D eigenvalue weighted by Crippen LogP contribution is -2.35. The molecule has 0 spiro atoms. The van der Waals surface area contributed by atoms with Crippen molar-refractivity contribution in [2.45, 2.75) is 39.3 Å². The molecular weight excluding hydrogens is 254 g/mol. The van der Waals surface area contributed by atoms with Crippen LogP contribution in [0.5, 0.6) is 0 Å². The minimum Gasteiger partial charge on any atom is -0.444 e. The van der Waals surface area contributed by atoms with Gasteiger partial charge >= 0.3 is 6.09 Å². The van der Waals surface area contributed by atoms with Gasteiger partial charge in [-0.3, -0.25) is 0 Å². The molecule has 5 heteroatoms. The van der Waals surface area contributed by atoms with E-state index in [0.29, 0.717) is 6.54 Å². The number of nitrogens with zero attached hydrogens (tertiary/aromatic N) is 2. The summed E-state index contributed by atoms with van der Waals surface area (Å²) in [6.07, 6.45) is 3.36. The number of pyridine rings is 1. The fourth-order valence-corrected chi connectivity index (χ4v) is 1.99. The number of aromatic nitrogens is 2. The van der Waals surface area contributed by atoms with Crippen molar-refractivity contribution in [1.29, 1.82) is 0 Å². The smallest absolute Gasteiger partial charge is 0.407 e. The lowest BCUT2D eigenvalue weighted by Gasteiger charge is -2.21. The molecule has 2 aromatic heterocycles. The second-order valence-electron chi connectivity index (χ2n) is 5.87. The quantitative estimate of drug-likeness (QED) is 0.936. The summed E-state index contributed by atoms with van der Waals surface area (Å²) in [6.45, 7) is 8.07. The molecule has 1 amide bonds. The number of ether oxygens (including phenoxy) is 1. The van der Waals surface area contributed by atoms with Crippen LogP contribution in [-0.2, 0) is 4.74 Å². The highest BCUT2D eigenvalue weighted by Crippen LogP contribution is 2.17. The van der Waals surface area contributed by atoms with Crippen LogP contribution in [0.4, 0.5) is 4.79 Å². The first-order valence-electron chi connectivity index (χ1n) is 6.75. The first-order valence-corrected chi connectivity index (χ1v) is 6.75. The van der Waals surface area contributed by atoms with Crippen LogP contribution in [0.1, 0.15) is 33.7 Å². The number of amides is 1. The maximum atomic E-state index is 11.6. The Morgan fingerprint density at radius 3 is 2.90 bits per heavy atom. The number of carbonyl (C=O) groups excluding carboxylic acids is 1. The third-order valence-electron chi connectivity index (χ3n) is 2.89. The van der Waals surface area contributed by atoms with E-state index in [0.717, 1.165) is 11.0 Å². The Kier molecular flexibility index (Phi) is 3.97. The van der Waals surface area contributed by atoms with Crippen molar-refractivity contribution in [3.63, 3.8) is 0 Å². The molecule has 0 aliphatic carbocycles. The van der Waals surface area contributed by atoms with Gasteiger partial charge in [0, 0.05) is 30.4 Å². The summed E-state index contributed by atoms with van der Waals surface area (Å²) in [4.78, 5) is 16.0. The maximum absolute atomic E-state index is 11.6. The zero-order chi connectivity index (χ0) is 14.8. The molecule has 2 heterocycles. The standard InChI is InChI=1S/C15H21N3O2/c1-11(10-17-14(19)20-15(2,3)4)18-9-7-12-6-5-8-16-13(12)18/h5-9,11H,10H2,1-4H3,(H,17,19). The van der Waals surface area contributed by atoms with Crippen LogP contribution in [0.15, 0.2) is 30.6 Å². The Morgan fingerprint density at radius 2 is 2.20 bits per heavy atom. The van der Waals surface area contributed by atoms with Crippen molar-refractivity contribution in [2.75, 3.05) is 6.54 Å². The van der Waals surface area contributed by atoms with Crippen LogP contribution in [0.2, 0.25) is 0 Å². The van der Waals surface area contributed by atoms with Gasteiger partial charge in [0.1, 0.15) is 11.2 Å². The van der Waals surface area contributed by atoms with Crippen molar-refractivity contribution in [3.8, 4) is 0 Å². The second-order valence-corrected chi connectivity index (χ2v) is 5.87. The normalized spacial score (nSPS) is 13.2. The van der Waals surface area contributed by atoms with Gasteiger partial charge in [-0.05, 0) is 45.9 Å². The highest BCUT2D eigenvalue weighted by atomic mass is 16.6. The van der Waals surface area contributed by atoms with Crippen LogP contribution in [0, 0.1) is 0 Å². The molecule has 0 saturated carbocycles. The van der Waals surface area contributed by atoms with Crippen LogP contribution in [-0.4, -0.2) is 27.8 Å². The number of alkyl carbamates (subject to hydrolysis) is 1. The van der Waals surface area contributed by atoms with E-state index in [1.165, 1.54) is 0 Å². The molecule has 0 saturated heterocycles. The summed E-state index contributed by atoms with van der Waals surface area (Å²) in [5.41, 5.74) is 0.445. The molecule has 0 aromatic carbocycles. The fourth-order valence-electron chi connectivity index (χ4n) is 1.99. The van der Waals surface area contributed by atoms with Crippen molar-refractivity contribution in [3.05, 3.63) is 30.6 Å². The number of carbonyl (C=O) groups is 1. The van der Waals surface area contributed by atoms with E-state index in [9.17, 15) is 4.79 Å². The van der Waals surface area contributed by atoms with Crippen molar-refractivity contribution >= 4 is 17.1 Å². The molecule has 1 N–H and O–H groups in total. The Balaban J connectivity index is 1.99. The summed E-state index contributed by atoms with van der Waals surface area (Å²) >= 11 is 0. The van der Waals surface area contributed by atoms with E-state index in [1.807, 2.05) is 56.7 Å². The first kappa shape index (κ1) is 14.4. The van der Waals surface area contributed by atoms with Gasteiger partial charge in [0.05, 0.1) is 0 Å². The molecule has 20 heavy (non-hydrogen) atoms. The zero-order valence-electron chi connectivity index (χ0n) is 12.4. The van der Waals surface area contributed by atoms with E-state index in [2.05, 4.69) is 10.3 Å². The summed E-state index contributed by atoms with van der Waals surface area (Å²) in [5.74, 6) is 0. The third-order valence-corrected chi connectivity index (χ3v) is 2.89. The lowest BCUT2D eigenvalue weighted by molar-refractivity contribution is 0.0521. The van der Waals surface area contributed by atoms with Gasteiger partial charge < -0.3 is 14.6 Å². The largest absolute Gasteiger partial charge is 0.444 e. The molecule has 0 radical (unpaired) electrons. The van der Waals surface area contributed by atoms with Gasteiger partial charge in [0.25, 0.3) is 0 Å². The third kappa shape index (κ3) is 3.50. The minimum absolute atomic E-state index is 0.106. The molecule has 0 aliphatic heterocycles. The minimum atomic E-state index is -0.477. The molecule has 1 unspecified atom stereocenters. The second kappa shape index (κ2) is 5.53. The monoisotopic (exact) mass is 275 g/mol. The summed E-state index contributed by atoms with van der Waals surface area (Å²) in [6, 6.07) is 6.06. The Hall–Kier alpha value is -2.04. The van der Waals surface area contributed by atoms with Crippen LogP contribution in [0.25, 0.3) is 11.0 Å². The molecule has 108 valence electrons. The average molecular weight is 275 g/mol. The van der Waals surface area contributed by atoms with Crippen LogP contribution >= 0.6 is 0 Å². The summed E-state index contributed by atoms with van der Waals surface area (Å²) in [5, 5.41) is 3.88. The maximum Gasteiger partial charge on any atom is 0.407 e. The van der Waals surface area contributed by atoms with Gasteiger partial charge in [-0.2, -0.15) is 0 Å². The van der Waals surface area contributed by atoms with Crippen LogP contribution in [0.3, 0.4) is 0 Å².